The summed E-state index contributed by atoms with van der Waals surface area (Å²) in [5, 5.41) is 18.5. The average molecular weight is 250 g/mol. The maximum absolute atomic E-state index is 12.2. The molecule has 0 saturated carbocycles. The van der Waals surface area contributed by atoms with Crippen molar-refractivity contribution in [3.05, 3.63) is 29.8 Å². The summed E-state index contributed by atoms with van der Waals surface area (Å²) in [5.74, 6) is -1.58. The highest BCUT2D eigenvalue weighted by Gasteiger charge is 2.39. The summed E-state index contributed by atoms with van der Waals surface area (Å²) >= 11 is 0. The summed E-state index contributed by atoms with van der Waals surface area (Å²) in [6.07, 6.45) is -0.756. The number of carbonyl (C=O) groups excluding carboxylic acids is 1. The molecule has 1 aliphatic rings. The molecule has 1 saturated heterocycles. The van der Waals surface area contributed by atoms with Gasteiger partial charge in [-0.3, -0.25) is 4.79 Å². The van der Waals surface area contributed by atoms with Crippen LogP contribution in [0.15, 0.2) is 24.3 Å². The first-order valence-electron chi connectivity index (χ1n) is 5.57. The normalized spacial score (nSPS) is 23.1. The van der Waals surface area contributed by atoms with Gasteiger partial charge in [-0.2, -0.15) is 0 Å². The first-order valence-corrected chi connectivity index (χ1v) is 5.57. The molecule has 2 atom stereocenters. The van der Waals surface area contributed by atoms with Gasteiger partial charge in [0.05, 0.1) is 11.7 Å². The van der Waals surface area contributed by atoms with Gasteiger partial charge in [0.15, 0.2) is 0 Å². The van der Waals surface area contributed by atoms with Crippen molar-refractivity contribution < 1.29 is 19.8 Å². The fraction of sp³-hybridized carbons (Fsp3) is 0.333. The number of amides is 1. The number of para-hydroxylation sites is 1. The van der Waals surface area contributed by atoms with Crippen LogP contribution in [0.5, 0.6) is 0 Å². The minimum atomic E-state index is -1.12. The van der Waals surface area contributed by atoms with E-state index in [1.54, 1.807) is 24.3 Å². The zero-order valence-corrected chi connectivity index (χ0v) is 9.61. The van der Waals surface area contributed by atoms with Gasteiger partial charge >= 0.3 is 5.97 Å². The Hall–Kier alpha value is -2.08. The Morgan fingerprint density at radius 3 is 2.61 bits per heavy atom. The lowest BCUT2D eigenvalue weighted by Gasteiger charge is -2.21. The predicted molar refractivity (Wildman–Crippen MR) is 63.9 cm³/mol. The van der Waals surface area contributed by atoms with E-state index < -0.39 is 24.0 Å². The molecule has 6 nitrogen and oxygen atoms in total. The Labute approximate surface area is 104 Å². The molecule has 0 aromatic heterocycles. The number of hydrogen-bond acceptors (Lipinski definition) is 4. The van der Waals surface area contributed by atoms with Crippen LogP contribution >= 0.6 is 0 Å². The topological polar surface area (TPSA) is 104 Å². The molecule has 1 amide bonds. The van der Waals surface area contributed by atoms with Crippen LogP contribution in [0.4, 0.5) is 5.69 Å². The largest absolute Gasteiger partial charge is 0.480 e. The van der Waals surface area contributed by atoms with Gasteiger partial charge in [-0.15, -0.1) is 0 Å². The molecule has 1 aromatic rings. The average Bonchev–Trinajstić information content (AvgIpc) is 2.71. The summed E-state index contributed by atoms with van der Waals surface area (Å²) in [6, 6.07) is 5.48. The third-order valence-electron chi connectivity index (χ3n) is 3.02. The van der Waals surface area contributed by atoms with E-state index in [0.717, 1.165) is 4.90 Å². The number of nitrogens with zero attached hydrogens (tertiary/aromatic N) is 1. The van der Waals surface area contributed by atoms with E-state index in [-0.39, 0.29) is 18.5 Å². The third-order valence-corrected chi connectivity index (χ3v) is 3.02. The highest BCUT2D eigenvalue weighted by atomic mass is 16.4. The Morgan fingerprint density at radius 2 is 2.00 bits per heavy atom. The number of β-amino-alcohol motifs (C(OH)–C–C–N with tert-alkyl or cyclic N) is 1. The maximum atomic E-state index is 12.2. The first-order chi connectivity index (χ1) is 8.50. The second-order valence-electron chi connectivity index (χ2n) is 4.29. The zero-order chi connectivity index (χ0) is 13.3. The van der Waals surface area contributed by atoms with Crippen LogP contribution < -0.4 is 5.73 Å². The molecule has 1 fully saturated rings. The van der Waals surface area contributed by atoms with E-state index in [4.69, 9.17) is 10.8 Å². The number of carboxylic acids is 1. The van der Waals surface area contributed by atoms with Gasteiger partial charge < -0.3 is 20.8 Å². The lowest BCUT2D eigenvalue weighted by Crippen LogP contribution is -2.40. The van der Waals surface area contributed by atoms with Crippen molar-refractivity contribution in [2.45, 2.75) is 18.6 Å². The number of aliphatic hydroxyl groups excluding tert-OH is 1. The van der Waals surface area contributed by atoms with Crippen molar-refractivity contribution in [3.8, 4) is 0 Å². The fourth-order valence-corrected chi connectivity index (χ4v) is 2.12. The van der Waals surface area contributed by atoms with E-state index >= 15 is 0 Å². The quantitative estimate of drug-likeness (QED) is 0.637. The molecule has 6 heteroatoms. The maximum Gasteiger partial charge on any atom is 0.326 e. The Balaban J connectivity index is 2.28. The van der Waals surface area contributed by atoms with E-state index in [1.165, 1.54) is 0 Å². The van der Waals surface area contributed by atoms with E-state index in [2.05, 4.69) is 0 Å². The number of benzene rings is 1. The summed E-state index contributed by atoms with van der Waals surface area (Å²) in [7, 11) is 0. The van der Waals surface area contributed by atoms with Gasteiger partial charge in [-0.25, -0.2) is 4.79 Å². The third kappa shape index (κ3) is 2.14. The minimum Gasteiger partial charge on any atom is -0.480 e. The van der Waals surface area contributed by atoms with Crippen LogP contribution in [-0.2, 0) is 4.79 Å². The van der Waals surface area contributed by atoms with Crippen LogP contribution in [0.3, 0.4) is 0 Å². The van der Waals surface area contributed by atoms with Gasteiger partial charge in [0, 0.05) is 18.7 Å². The van der Waals surface area contributed by atoms with Gasteiger partial charge in [0.2, 0.25) is 0 Å². The Kier molecular flexibility index (Phi) is 3.20. The van der Waals surface area contributed by atoms with Crippen LogP contribution in [0.2, 0.25) is 0 Å². The summed E-state index contributed by atoms with van der Waals surface area (Å²) < 4.78 is 0. The first kappa shape index (κ1) is 12.4. The molecule has 96 valence electrons. The number of rotatable bonds is 2. The van der Waals surface area contributed by atoms with Gasteiger partial charge in [0.25, 0.3) is 5.91 Å². The second kappa shape index (κ2) is 4.66. The van der Waals surface area contributed by atoms with Crippen molar-refractivity contribution in [3.63, 3.8) is 0 Å². The number of hydrogen-bond donors (Lipinski definition) is 3. The highest BCUT2D eigenvalue weighted by Crippen LogP contribution is 2.23. The van der Waals surface area contributed by atoms with Crippen molar-refractivity contribution in [2.75, 3.05) is 12.3 Å². The summed E-state index contributed by atoms with van der Waals surface area (Å²) in [6.45, 7) is 0.0180. The fourth-order valence-electron chi connectivity index (χ4n) is 2.12. The molecule has 18 heavy (non-hydrogen) atoms. The molecule has 1 aromatic carbocycles. The molecule has 1 aliphatic heterocycles. The SMILES string of the molecule is Nc1ccccc1C(=O)N1CC(O)C[C@H]1C(=O)O. The molecule has 0 aliphatic carbocycles. The monoisotopic (exact) mass is 250 g/mol. The Morgan fingerprint density at radius 1 is 1.33 bits per heavy atom. The van der Waals surface area contributed by atoms with Crippen LogP contribution in [0.25, 0.3) is 0 Å². The van der Waals surface area contributed by atoms with Crippen LogP contribution in [0, 0.1) is 0 Å². The smallest absolute Gasteiger partial charge is 0.326 e. The number of carboxylic acid groups (broad SMARTS) is 1. The molecular weight excluding hydrogens is 236 g/mol. The summed E-state index contributed by atoms with van der Waals surface area (Å²) in [5.41, 5.74) is 6.25. The number of aliphatic carboxylic acids is 1. The van der Waals surface area contributed by atoms with E-state index in [1.807, 2.05) is 0 Å². The number of nitrogen functional groups attached to an aromatic ring is 1. The van der Waals surface area contributed by atoms with E-state index in [0.29, 0.717) is 5.69 Å². The summed E-state index contributed by atoms with van der Waals surface area (Å²) in [4.78, 5) is 24.4. The lowest BCUT2D eigenvalue weighted by atomic mass is 10.1. The predicted octanol–water partition coefficient (Wildman–Crippen LogP) is -0.0712. The molecule has 2 rings (SSSR count). The standard InChI is InChI=1S/C12H14N2O4/c13-9-4-2-1-3-8(9)11(16)14-6-7(15)5-10(14)12(17)18/h1-4,7,10,15H,5-6,13H2,(H,17,18)/t7?,10-/m0/s1. The van der Waals surface area contributed by atoms with Crippen molar-refractivity contribution in [1.29, 1.82) is 0 Å². The van der Waals surface area contributed by atoms with Gasteiger partial charge in [-0.05, 0) is 12.1 Å². The Bertz CT molecular complexity index is 489. The van der Waals surface area contributed by atoms with Crippen molar-refractivity contribution in [2.24, 2.45) is 0 Å². The van der Waals surface area contributed by atoms with Gasteiger partial charge in [0.1, 0.15) is 6.04 Å². The molecule has 1 unspecified atom stereocenters. The molecule has 0 bridgehead atoms. The number of likely N-dealkylation sites (tertiary alicyclic amines) is 1. The van der Waals surface area contributed by atoms with Crippen LogP contribution in [0.1, 0.15) is 16.8 Å². The number of anilines is 1. The molecule has 1 heterocycles. The minimum absolute atomic E-state index is 0.0180. The van der Waals surface area contributed by atoms with Gasteiger partial charge in [-0.1, -0.05) is 12.1 Å². The molecule has 0 radical (unpaired) electrons. The molecule has 4 N–H and O–H groups in total. The molecule has 0 spiro atoms. The van der Waals surface area contributed by atoms with Crippen molar-refractivity contribution in [1.82, 2.24) is 4.90 Å². The second-order valence-corrected chi connectivity index (χ2v) is 4.29. The number of nitrogens with two attached hydrogens (primary N) is 1. The van der Waals surface area contributed by atoms with E-state index in [9.17, 15) is 14.7 Å². The zero-order valence-electron chi connectivity index (χ0n) is 9.61. The number of carbonyl (C=O) groups is 2. The van der Waals surface area contributed by atoms with Crippen molar-refractivity contribution >= 4 is 17.6 Å². The lowest BCUT2D eigenvalue weighted by molar-refractivity contribution is -0.141. The highest BCUT2D eigenvalue weighted by molar-refractivity contribution is 6.01. The van der Waals surface area contributed by atoms with Crippen LogP contribution in [-0.4, -0.2) is 45.7 Å². The molecular formula is C12H14N2O4. The number of aliphatic hydroxyl groups is 1.